The first kappa shape index (κ1) is 15.7. The number of halogens is 2. The summed E-state index contributed by atoms with van der Waals surface area (Å²) in [5, 5.41) is 2.52. The first-order valence-electron chi connectivity index (χ1n) is 6.43. The van der Waals surface area contributed by atoms with Gasteiger partial charge < -0.3 is 14.5 Å². The van der Waals surface area contributed by atoms with Crippen molar-refractivity contribution in [2.75, 3.05) is 0 Å². The number of furan rings is 1. The molecule has 1 aromatic carbocycles. The van der Waals surface area contributed by atoms with Gasteiger partial charge in [0.05, 0.1) is 18.4 Å². The van der Waals surface area contributed by atoms with Crippen molar-refractivity contribution < 1.29 is 27.5 Å². The van der Waals surface area contributed by atoms with E-state index in [1.165, 1.54) is 13.2 Å². The molecule has 2 aromatic rings. The molecule has 1 unspecified atom stereocenters. The summed E-state index contributed by atoms with van der Waals surface area (Å²) < 4.78 is 35.8. The number of hydrogen-bond donors (Lipinski definition) is 1. The molecule has 0 aliphatic rings. The highest BCUT2D eigenvalue weighted by atomic mass is 19.2. The number of esters is 1. The largest absolute Gasteiger partial charge is 0.467 e. The van der Waals surface area contributed by atoms with Gasteiger partial charge in [0.25, 0.3) is 5.91 Å². The van der Waals surface area contributed by atoms with Gasteiger partial charge in [-0.1, -0.05) is 0 Å². The minimum atomic E-state index is -1.16. The van der Waals surface area contributed by atoms with Gasteiger partial charge in [-0.05, 0) is 37.3 Å². The molecule has 1 aromatic heterocycles. The standard InChI is InChI=1S/C15H13F2NO4/c1-9(14(19)18-8-11-3-2-6-21-11)22-15(20)10-4-5-12(16)13(17)7-10/h2-7,9H,8H2,1H3,(H,18,19). The van der Waals surface area contributed by atoms with Gasteiger partial charge in [-0.15, -0.1) is 0 Å². The first-order valence-corrected chi connectivity index (χ1v) is 6.43. The molecule has 7 heteroatoms. The number of benzene rings is 1. The molecule has 5 nitrogen and oxygen atoms in total. The Morgan fingerprint density at radius 1 is 1.27 bits per heavy atom. The van der Waals surface area contributed by atoms with E-state index in [1.807, 2.05) is 0 Å². The normalized spacial score (nSPS) is 11.8. The first-order chi connectivity index (χ1) is 10.5. The molecular formula is C15H13F2NO4. The van der Waals surface area contributed by atoms with Crippen LogP contribution in [-0.2, 0) is 16.1 Å². The molecule has 0 fully saturated rings. The molecule has 0 radical (unpaired) electrons. The Morgan fingerprint density at radius 2 is 2.05 bits per heavy atom. The third-order valence-electron chi connectivity index (χ3n) is 2.83. The zero-order valence-corrected chi connectivity index (χ0v) is 11.6. The van der Waals surface area contributed by atoms with Crippen molar-refractivity contribution in [3.05, 3.63) is 59.6 Å². The van der Waals surface area contributed by atoms with Gasteiger partial charge >= 0.3 is 5.97 Å². The Hall–Kier alpha value is -2.70. The number of nitrogens with one attached hydrogen (secondary N) is 1. The smallest absolute Gasteiger partial charge is 0.339 e. The third kappa shape index (κ3) is 3.91. The van der Waals surface area contributed by atoms with Gasteiger partial charge in [0.1, 0.15) is 5.76 Å². The van der Waals surface area contributed by atoms with E-state index in [9.17, 15) is 18.4 Å². The SMILES string of the molecule is CC(OC(=O)c1ccc(F)c(F)c1)C(=O)NCc1ccco1. The van der Waals surface area contributed by atoms with E-state index in [0.717, 1.165) is 12.1 Å². The maximum Gasteiger partial charge on any atom is 0.339 e. The zero-order chi connectivity index (χ0) is 16.1. The molecule has 0 spiro atoms. The lowest BCUT2D eigenvalue weighted by atomic mass is 10.2. The van der Waals surface area contributed by atoms with Gasteiger partial charge in [-0.2, -0.15) is 0 Å². The predicted molar refractivity (Wildman–Crippen MR) is 71.8 cm³/mol. The van der Waals surface area contributed by atoms with Crippen LogP contribution >= 0.6 is 0 Å². The average Bonchev–Trinajstić information content (AvgIpc) is 3.00. The lowest BCUT2D eigenvalue weighted by Gasteiger charge is -2.13. The van der Waals surface area contributed by atoms with Crippen LogP contribution in [0.1, 0.15) is 23.0 Å². The summed E-state index contributed by atoms with van der Waals surface area (Å²) in [7, 11) is 0. The van der Waals surface area contributed by atoms with E-state index < -0.39 is 29.6 Å². The van der Waals surface area contributed by atoms with Crippen molar-refractivity contribution in [2.45, 2.75) is 19.6 Å². The van der Waals surface area contributed by atoms with E-state index in [-0.39, 0.29) is 12.1 Å². The number of carbonyl (C=O) groups excluding carboxylic acids is 2. The molecule has 1 atom stereocenters. The fourth-order valence-corrected chi connectivity index (χ4v) is 1.64. The average molecular weight is 309 g/mol. The number of rotatable bonds is 5. The highest BCUT2D eigenvalue weighted by Crippen LogP contribution is 2.11. The van der Waals surface area contributed by atoms with E-state index in [4.69, 9.17) is 9.15 Å². The van der Waals surface area contributed by atoms with Crippen LogP contribution in [0.2, 0.25) is 0 Å². The summed E-state index contributed by atoms with van der Waals surface area (Å²) in [5.41, 5.74) is -0.176. The van der Waals surface area contributed by atoms with Crippen molar-refractivity contribution in [3.63, 3.8) is 0 Å². The van der Waals surface area contributed by atoms with Crippen molar-refractivity contribution in [1.82, 2.24) is 5.32 Å². The van der Waals surface area contributed by atoms with Crippen LogP contribution in [-0.4, -0.2) is 18.0 Å². The van der Waals surface area contributed by atoms with Crippen molar-refractivity contribution in [1.29, 1.82) is 0 Å². The topological polar surface area (TPSA) is 68.5 Å². The lowest BCUT2D eigenvalue weighted by Crippen LogP contribution is -2.35. The molecule has 1 N–H and O–H groups in total. The van der Waals surface area contributed by atoms with Crippen LogP contribution in [0.5, 0.6) is 0 Å². The van der Waals surface area contributed by atoms with Crippen LogP contribution in [0.3, 0.4) is 0 Å². The monoisotopic (exact) mass is 309 g/mol. The summed E-state index contributed by atoms with van der Waals surface area (Å²) in [5.74, 6) is -3.13. The number of amides is 1. The molecule has 1 amide bonds. The second-order valence-corrected chi connectivity index (χ2v) is 4.47. The quantitative estimate of drug-likeness (QED) is 0.861. The Labute approximate surface area is 124 Å². The van der Waals surface area contributed by atoms with Crippen molar-refractivity contribution >= 4 is 11.9 Å². The summed E-state index contributed by atoms with van der Waals surface area (Å²) in [6.07, 6.45) is 0.379. The molecule has 22 heavy (non-hydrogen) atoms. The molecule has 2 rings (SSSR count). The van der Waals surface area contributed by atoms with E-state index in [1.54, 1.807) is 12.1 Å². The minimum absolute atomic E-state index is 0.152. The summed E-state index contributed by atoms with van der Waals surface area (Å²) in [6, 6.07) is 5.96. The second-order valence-electron chi connectivity index (χ2n) is 4.47. The van der Waals surface area contributed by atoms with Crippen LogP contribution in [0, 0.1) is 11.6 Å². The fraction of sp³-hybridized carbons (Fsp3) is 0.200. The molecule has 0 bridgehead atoms. The third-order valence-corrected chi connectivity index (χ3v) is 2.83. The van der Waals surface area contributed by atoms with E-state index in [0.29, 0.717) is 11.8 Å². The Bertz CT molecular complexity index is 670. The van der Waals surface area contributed by atoms with Gasteiger partial charge in [-0.3, -0.25) is 4.79 Å². The molecule has 0 saturated heterocycles. The molecule has 116 valence electrons. The van der Waals surface area contributed by atoms with E-state index >= 15 is 0 Å². The van der Waals surface area contributed by atoms with Crippen LogP contribution < -0.4 is 5.32 Å². The Morgan fingerprint density at radius 3 is 2.68 bits per heavy atom. The Balaban J connectivity index is 1.89. The highest BCUT2D eigenvalue weighted by Gasteiger charge is 2.19. The maximum absolute atomic E-state index is 13.0. The summed E-state index contributed by atoms with van der Waals surface area (Å²) in [6.45, 7) is 1.52. The molecule has 0 aliphatic heterocycles. The lowest BCUT2D eigenvalue weighted by molar-refractivity contribution is -0.129. The van der Waals surface area contributed by atoms with Crippen LogP contribution in [0.15, 0.2) is 41.0 Å². The number of carbonyl (C=O) groups is 2. The van der Waals surface area contributed by atoms with E-state index in [2.05, 4.69) is 5.32 Å². The predicted octanol–water partition coefficient (Wildman–Crippen LogP) is 2.42. The zero-order valence-electron chi connectivity index (χ0n) is 11.6. The van der Waals surface area contributed by atoms with Gasteiger partial charge in [-0.25, -0.2) is 13.6 Å². The van der Waals surface area contributed by atoms with Crippen molar-refractivity contribution in [3.8, 4) is 0 Å². The summed E-state index contributed by atoms with van der Waals surface area (Å²) >= 11 is 0. The number of hydrogen-bond acceptors (Lipinski definition) is 4. The van der Waals surface area contributed by atoms with Gasteiger partial charge in [0, 0.05) is 0 Å². The van der Waals surface area contributed by atoms with Crippen LogP contribution in [0.25, 0.3) is 0 Å². The second kappa shape index (κ2) is 6.84. The highest BCUT2D eigenvalue weighted by molar-refractivity contribution is 5.92. The molecule has 0 aliphatic carbocycles. The molecular weight excluding hydrogens is 296 g/mol. The van der Waals surface area contributed by atoms with Crippen LogP contribution in [0.4, 0.5) is 8.78 Å². The Kier molecular flexibility index (Phi) is 4.88. The summed E-state index contributed by atoms with van der Waals surface area (Å²) in [4.78, 5) is 23.5. The van der Waals surface area contributed by atoms with Gasteiger partial charge in [0.2, 0.25) is 0 Å². The van der Waals surface area contributed by atoms with Gasteiger partial charge in [0.15, 0.2) is 17.7 Å². The fourth-order valence-electron chi connectivity index (χ4n) is 1.64. The van der Waals surface area contributed by atoms with Crippen molar-refractivity contribution in [2.24, 2.45) is 0 Å². The number of ether oxygens (including phenoxy) is 1. The molecule has 0 saturated carbocycles. The maximum atomic E-state index is 13.0. The molecule has 1 heterocycles. The minimum Gasteiger partial charge on any atom is -0.467 e.